The standard InChI is InChI=1S/C12H12ClN3O/c1-7-11(14)15-10(16-12(7)17)6-8-3-2-4-9(13)5-8/h2-5H,6H2,1H3,(H3,14,15,16,17). The molecule has 0 fully saturated rings. The molecular formula is C12H12ClN3O. The fraction of sp³-hybridized carbons (Fsp3) is 0.167. The van der Waals surface area contributed by atoms with Crippen LogP contribution in [0.1, 0.15) is 17.0 Å². The quantitative estimate of drug-likeness (QED) is 0.854. The number of halogens is 1. The SMILES string of the molecule is Cc1c(N)nc(Cc2cccc(Cl)c2)[nH]c1=O. The highest BCUT2D eigenvalue weighted by Gasteiger charge is 2.05. The van der Waals surface area contributed by atoms with E-state index in [1.54, 1.807) is 13.0 Å². The second-order valence-electron chi connectivity index (χ2n) is 3.83. The van der Waals surface area contributed by atoms with Gasteiger partial charge >= 0.3 is 0 Å². The van der Waals surface area contributed by atoms with Crippen LogP contribution in [0, 0.1) is 6.92 Å². The fourth-order valence-electron chi connectivity index (χ4n) is 1.52. The Bertz CT molecular complexity index is 607. The van der Waals surface area contributed by atoms with Gasteiger partial charge in [0.1, 0.15) is 11.6 Å². The molecule has 0 atom stereocenters. The van der Waals surface area contributed by atoms with E-state index < -0.39 is 0 Å². The molecule has 0 saturated heterocycles. The van der Waals surface area contributed by atoms with Gasteiger partial charge in [-0.3, -0.25) is 4.79 Å². The Morgan fingerprint density at radius 1 is 1.47 bits per heavy atom. The smallest absolute Gasteiger partial charge is 0.255 e. The molecule has 0 aliphatic rings. The number of hydrogen-bond donors (Lipinski definition) is 2. The van der Waals surface area contributed by atoms with Crippen LogP contribution in [0.2, 0.25) is 5.02 Å². The van der Waals surface area contributed by atoms with E-state index in [1.165, 1.54) is 0 Å². The summed E-state index contributed by atoms with van der Waals surface area (Å²) in [5, 5.41) is 0.657. The molecule has 1 heterocycles. The molecule has 88 valence electrons. The van der Waals surface area contributed by atoms with Crippen molar-refractivity contribution in [3.05, 3.63) is 56.6 Å². The van der Waals surface area contributed by atoms with Crippen LogP contribution >= 0.6 is 11.6 Å². The molecule has 17 heavy (non-hydrogen) atoms. The van der Waals surface area contributed by atoms with E-state index >= 15 is 0 Å². The first kappa shape index (κ1) is 11.7. The van der Waals surface area contributed by atoms with E-state index in [-0.39, 0.29) is 11.4 Å². The molecular weight excluding hydrogens is 238 g/mol. The molecule has 5 heteroatoms. The number of H-pyrrole nitrogens is 1. The summed E-state index contributed by atoms with van der Waals surface area (Å²) < 4.78 is 0. The summed E-state index contributed by atoms with van der Waals surface area (Å²) in [6, 6.07) is 7.40. The maximum Gasteiger partial charge on any atom is 0.255 e. The van der Waals surface area contributed by atoms with Crippen LogP contribution in [0.15, 0.2) is 29.1 Å². The van der Waals surface area contributed by atoms with Crippen molar-refractivity contribution >= 4 is 17.4 Å². The van der Waals surface area contributed by atoms with E-state index in [0.29, 0.717) is 22.8 Å². The predicted molar refractivity (Wildman–Crippen MR) is 68.3 cm³/mol. The van der Waals surface area contributed by atoms with E-state index in [9.17, 15) is 4.79 Å². The zero-order chi connectivity index (χ0) is 12.4. The maximum atomic E-state index is 11.5. The van der Waals surface area contributed by atoms with Crippen molar-refractivity contribution in [2.75, 3.05) is 5.73 Å². The summed E-state index contributed by atoms with van der Waals surface area (Å²) in [6.07, 6.45) is 0.500. The highest BCUT2D eigenvalue weighted by molar-refractivity contribution is 6.30. The molecule has 0 aliphatic heterocycles. The van der Waals surface area contributed by atoms with Crippen LogP contribution in [0.5, 0.6) is 0 Å². The Kier molecular flexibility index (Phi) is 3.15. The third-order valence-corrected chi connectivity index (χ3v) is 2.73. The fourth-order valence-corrected chi connectivity index (χ4v) is 1.74. The Hall–Kier alpha value is -1.81. The van der Waals surface area contributed by atoms with Gasteiger partial charge in [-0.1, -0.05) is 23.7 Å². The molecule has 0 radical (unpaired) electrons. The minimum absolute atomic E-state index is 0.200. The van der Waals surface area contributed by atoms with Gasteiger partial charge in [0.25, 0.3) is 5.56 Å². The van der Waals surface area contributed by atoms with Crippen LogP contribution in [0.3, 0.4) is 0 Å². The van der Waals surface area contributed by atoms with Crippen LogP contribution in [-0.2, 0) is 6.42 Å². The predicted octanol–water partition coefficient (Wildman–Crippen LogP) is 1.90. The Morgan fingerprint density at radius 3 is 2.88 bits per heavy atom. The lowest BCUT2D eigenvalue weighted by Gasteiger charge is -2.04. The van der Waals surface area contributed by atoms with Gasteiger partial charge in [0.15, 0.2) is 0 Å². The molecule has 0 saturated carbocycles. The Morgan fingerprint density at radius 2 is 2.24 bits per heavy atom. The second kappa shape index (κ2) is 4.59. The minimum Gasteiger partial charge on any atom is -0.383 e. The molecule has 1 aromatic carbocycles. The van der Waals surface area contributed by atoms with Gasteiger partial charge in [0, 0.05) is 11.4 Å². The average molecular weight is 250 g/mol. The van der Waals surface area contributed by atoms with E-state index in [1.807, 2.05) is 18.2 Å². The molecule has 0 unspecified atom stereocenters. The van der Waals surface area contributed by atoms with Gasteiger partial charge in [-0.2, -0.15) is 0 Å². The number of benzene rings is 1. The summed E-state index contributed by atoms with van der Waals surface area (Å²) in [4.78, 5) is 18.3. The lowest BCUT2D eigenvalue weighted by Crippen LogP contribution is -2.17. The number of nitrogens with two attached hydrogens (primary N) is 1. The number of rotatable bonds is 2. The zero-order valence-corrected chi connectivity index (χ0v) is 10.1. The first-order valence-corrected chi connectivity index (χ1v) is 5.54. The maximum absolute atomic E-state index is 11.5. The number of nitrogen functional groups attached to an aromatic ring is 1. The summed E-state index contributed by atoms with van der Waals surface area (Å²) in [5.41, 5.74) is 6.87. The van der Waals surface area contributed by atoms with E-state index in [4.69, 9.17) is 17.3 Å². The lowest BCUT2D eigenvalue weighted by molar-refractivity contribution is 0.938. The number of aromatic amines is 1. The van der Waals surface area contributed by atoms with Crippen LogP contribution in [-0.4, -0.2) is 9.97 Å². The van der Waals surface area contributed by atoms with Crippen molar-refractivity contribution in [3.63, 3.8) is 0 Å². The zero-order valence-electron chi connectivity index (χ0n) is 9.33. The van der Waals surface area contributed by atoms with E-state index in [0.717, 1.165) is 5.56 Å². The van der Waals surface area contributed by atoms with Gasteiger partial charge in [-0.15, -0.1) is 0 Å². The molecule has 0 amide bonds. The normalized spacial score (nSPS) is 10.5. The molecule has 4 nitrogen and oxygen atoms in total. The van der Waals surface area contributed by atoms with Gasteiger partial charge in [0.05, 0.1) is 5.56 Å². The van der Waals surface area contributed by atoms with Gasteiger partial charge < -0.3 is 10.7 Å². The summed E-state index contributed by atoms with van der Waals surface area (Å²) in [6.45, 7) is 1.64. The number of hydrogen-bond acceptors (Lipinski definition) is 3. The largest absolute Gasteiger partial charge is 0.383 e. The number of anilines is 1. The van der Waals surface area contributed by atoms with E-state index in [2.05, 4.69) is 9.97 Å². The second-order valence-corrected chi connectivity index (χ2v) is 4.27. The Labute approximate surface area is 103 Å². The topological polar surface area (TPSA) is 71.8 Å². The van der Waals surface area contributed by atoms with Gasteiger partial charge in [-0.25, -0.2) is 4.98 Å². The van der Waals surface area contributed by atoms with Gasteiger partial charge in [-0.05, 0) is 24.6 Å². The molecule has 3 N–H and O–H groups in total. The molecule has 0 aliphatic carbocycles. The molecule has 2 rings (SSSR count). The first-order chi connectivity index (χ1) is 8.06. The number of nitrogens with one attached hydrogen (secondary N) is 1. The summed E-state index contributed by atoms with van der Waals surface area (Å²) in [5.74, 6) is 0.811. The molecule has 1 aromatic heterocycles. The van der Waals surface area contributed by atoms with Crippen LogP contribution in [0.4, 0.5) is 5.82 Å². The summed E-state index contributed by atoms with van der Waals surface area (Å²) in [7, 11) is 0. The van der Waals surface area contributed by atoms with Crippen molar-refractivity contribution in [3.8, 4) is 0 Å². The summed E-state index contributed by atoms with van der Waals surface area (Å²) >= 11 is 5.88. The van der Waals surface area contributed by atoms with Crippen molar-refractivity contribution in [1.82, 2.24) is 9.97 Å². The molecule has 0 spiro atoms. The molecule has 2 aromatic rings. The highest BCUT2D eigenvalue weighted by Crippen LogP contribution is 2.13. The third-order valence-electron chi connectivity index (χ3n) is 2.50. The van der Waals surface area contributed by atoms with Crippen molar-refractivity contribution in [1.29, 1.82) is 0 Å². The first-order valence-electron chi connectivity index (χ1n) is 5.16. The van der Waals surface area contributed by atoms with Crippen molar-refractivity contribution < 1.29 is 0 Å². The average Bonchev–Trinajstić information content (AvgIpc) is 2.26. The monoisotopic (exact) mass is 249 g/mol. The number of nitrogens with zero attached hydrogens (tertiary/aromatic N) is 1. The lowest BCUT2D eigenvalue weighted by atomic mass is 10.1. The van der Waals surface area contributed by atoms with Crippen molar-refractivity contribution in [2.45, 2.75) is 13.3 Å². The number of aromatic nitrogens is 2. The van der Waals surface area contributed by atoms with Gasteiger partial charge in [0.2, 0.25) is 0 Å². The van der Waals surface area contributed by atoms with Crippen molar-refractivity contribution in [2.24, 2.45) is 0 Å². The molecule has 0 bridgehead atoms. The van der Waals surface area contributed by atoms with Crippen LogP contribution < -0.4 is 11.3 Å². The third kappa shape index (κ3) is 2.65. The minimum atomic E-state index is -0.200. The Balaban J connectivity index is 2.34. The van der Waals surface area contributed by atoms with Crippen LogP contribution in [0.25, 0.3) is 0 Å². The highest BCUT2D eigenvalue weighted by atomic mass is 35.5.